The summed E-state index contributed by atoms with van der Waals surface area (Å²) in [7, 11) is -0.546. The van der Waals surface area contributed by atoms with Gasteiger partial charge < -0.3 is 14.8 Å². The molecule has 7 nitrogen and oxygen atoms in total. The van der Waals surface area contributed by atoms with E-state index in [1.807, 2.05) is 18.2 Å². The van der Waals surface area contributed by atoms with E-state index in [9.17, 15) is 13.2 Å². The third-order valence-corrected chi connectivity index (χ3v) is 7.09. The monoisotopic (exact) mass is 468 g/mol. The second kappa shape index (κ2) is 8.40. The van der Waals surface area contributed by atoms with Gasteiger partial charge in [0.25, 0.3) is 5.91 Å². The Labute approximate surface area is 172 Å². The number of hydrogen-bond acceptors (Lipinski definition) is 5. The molecule has 150 valence electrons. The molecule has 2 aromatic carbocycles. The summed E-state index contributed by atoms with van der Waals surface area (Å²) < 4.78 is 37.8. The van der Waals surface area contributed by atoms with E-state index in [-0.39, 0.29) is 12.3 Å². The van der Waals surface area contributed by atoms with Gasteiger partial charge in [-0.15, -0.1) is 0 Å². The molecule has 9 heteroatoms. The number of fused-ring (bicyclic) bond motifs is 1. The molecule has 1 heterocycles. The van der Waals surface area contributed by atoms with Gasteiger partial charge in [0.15, 0.2) is 0 Å². The van der Waals surface area contributed by atoms with Crippen molar-refractivity contribution < 1.29 is 22.7 Å². The number of hydrogen-bond donors (Lipinski definition) is 1. The molecule has 0 atom stereocenters. The first-order chi connectivity index (χ1) is 13.4. The van der Waals surface area contributed by atoms with E-state index in [4.69, 9.17) is 9.47 Å². The van der Waals surface area contributed by atoms with Crippen molar-refractivity contribution in [1.82, 2.24) is 5.32 Å². The molecule has 3 rings (SSSR count). The molecule has 0 fully saturated rings. The van der Waals surface area contributed by atoms with E-state index in [0.29, 0.717) is 34.5 Å². The zero-order valence-electron chi connectivity index (χ0n) is 15.6. The zero-order chi connectivity index (χ0) is 20.3. The van der Waals surface area contributed by atoms with Gasteiger partial charge in [-0.25, -0.2) is 8.42 Å². The molecule has 2 aromatic rings. The van der Waals surface area contributed by atoms with Crippen molar-refractivity contribution in [3.8, 4) is 11.5 Å². The predicted molar refractivity (Wildman–Crippen MR) is 111 cm³/mol. The number of carbonyl (C=O) groups excluding carboxylic acids is 1. The number of para-hydroxylation sites is 1. The summed E-state index contributed by atoms with van der Waals surface area (Å²) in [5.41, 5.74) is 2.06. The van der Waals surface area contributed by atoms with Crippen LogP contribution in [0.4, 0.5) is 5.69 Å². The van der Waals surface area contributed by atoms with Gasteiger partial charge in [-0.1, -0.05) is 18.2 Å². The Kier molecular flexibility index (Phi) is 6.14. The quantitative estimate of drug-likeness (QED) is 0.674. The third-order valence-electron chi connectivity index (χ3n) is 4.53. The highest BCUT2D eigenvalue weighted by atomic mass is 79.9. The molecule has 0 aliphatic carbocycles. The first kappa shape index (κ1) is 20.5. The van der Waals surface area contributed by atoms with Crippen LogP contribution in [0.15, 0.2) is 40.9 Å². The van der Waals surface area contributed by atoms with Crippen LogP contribution in [0.5, 0.6) is 11.5 Å². The van der Waals surface area contributed by atoms with Crippen LogP contribution in [0.2, 0.25) is 0 Å². The molecule has 1 aliphatic rings. The lowest BCUT2D eigenvalue weighted by molar-refractivity contribution is 0.0955. The summed E-state index contributed by atoms with van der Waals surface area (Å²) in [6, 6.07) is 10.6. The smallest absolute Gasteiger partial charge is 0.251 e. The minimum Gasteiger partial charge on any atom is -0.495 e. The minimum absolute atomic E-state index is 0.000524. The maximum atomic E-state index is 12.7. The lowest BCUT2D eigenvalue weighted by Gasteiger charge is -2.19. The molecule has 28 heavy (non-hydrogen) atoms. The molecule has 1 aliphatic heterocycles. The molecular weight excluding hydrogens is 448 g/mol. The molecule has 1 amide bonds. The molecule has 0 saturated carbocycles. The average molecular weight is 469 g/mol. The van der Waals surface area contributed by atoms with Crippen molar-refractivity contribution in [2.24, 2.45) is 0 Å². The van der Waals surface area contributed by atoms with Crippen LogP contribution in [0.3, 0.4) is 0 Å². The van der Waals surface area contributed by atoms with Gasteiger partial charge in [-0.2, -0.15) is 0 Å². The van der Waals surface area contributed by atoms with E-state index in [1.165, 1.54) is 18.5 Å². The average Bonchev–Trinajstić information content (AvgIpc) is 3.13. The normalized spacial score (nSPS) is 13.2. The lowest BCUT2D eigenvalue weighted by Crippen LogP contribution is -2.37. The zero-order valence-corrected chi connectivity index (χ0v) is 18.0. The highest BCUT2D eigenvalue weighted by Crippen LogP contribution is 2.35. The molecule has 0 radical (unpaired) electrons. The Hall–Kier alpha value is -2.26. The Morgan fingerprint density at radius 3 is 2.46 bits per heavy atom. The summed E-state index contributed by atoms with van der Waals surface area (Å²) >= 11 is 3.35. The number of benzene rings is 2. The van der Waals surface area contributed by atoms with Gasteiger partial charge in [0, 0.05) is 18.7 Å². The van der Waals surface area contributed by atoms with E-state index in [1.54, 1.807) is 18.2 Å². The van der Waals surface area contributed by atoms with Crippen LogP contribution in [-0.4, -0.2) is 47.4 Å². The highest BCUT2D eigenvalue weighted by Gasteiger charge is 2.28. The Bertz CT molecular complexity index is 969. The number of halogens is 1. The number of rotatable bonds is 7. The summed E-state index contributed by atoms with van der Waals surface area (Å²) in [4.78, 5) is 12.5. The topological polar surface area (TPSA) is 84.9 Å². The molecule has 0 aromatic heterocycles. The number of nitrogens with one attached hydrogen (secondary N) is 1. The fraction of sp³-hybridized carbons (Fsp3) is 0.316. The number of methoxy groups -OCH3 is 2. The summed E-state index contributed by atoms with van der Waals surface area (Å²) in [5.74, 6) is 0.315. The summed E-state index contributed by atoms with van der Waals surface area (Å²) in [6.07, 6.45) is 0.695. The number of nitrogens with zero attached hydrogens (tertiary/aromatic N) is 1. The van der Waals surface area contributed by atoms with Gasteiger partial charge in [0.1, 0.15) is 16.0 Å². The second-order valence-electron chi connectivity index (χ2n) is 6.22. The maximum Gasteiger partial charge on any atom is 0.251 e. The van der Waals surface area contributed by atoms with Crippen LogP contribution in [0.25, 0.3) is 0 Å². The first-order valence-corrected chi connectivity index (χ1v) is 11.1. The number of ether oxygens (including phenoxy) is 2. The van der Waals surface area contributed by atoms with Crippen LogP contribution >= 0.6 is 15.9 Å². The Morgan fingerprint density at radius 2 is 1.82 bits per heavy atom. The number of anilines is 1. The fourth-order valence-electron chi connectivity index (χ4n) is 3.10. The van der Waals surface area contributed by atoms with Gasteiger partial charge >= 0.3 is 0 Å². The fourth-order valence-corrected chi connectivity index (χ4v) is 5.08. The standard InChI is InChI=1S/C19H21BrN2O5S/c1-26-16-11-14(12-17(27-2)18(16)20)19(23)21-8-10-28(24,25)22-9-7-13-5-3-4-6-15(13)22/h3-6,11-12H,7-10H2,1-2H3,(H,21,23). The van der Waals surface area contributed by atoms with Crippen molar-refractivity contribution in [3.05, 3.63) is 52.0 Å². The maximum absolute atomic E-state index is 12.7. The van der Waals surface area contributed by atoms with E-state index < -0.39 is 15.9 Å². The second-order valence-corrected chi connectivity index (χ2v) is 9.02. The summed E-state index contributed by atoms with van der Waals surface area (Å²) in [5, 5.41) is 2.65. The van der Waals surface area contributed by atoms with Crippen LogP contribution in [0.1, 0.15) is 15.9 Å². The Balaban J connectivity index is 1.66. The first-order valence-electron chi connectivity index (χ1n) is 8.65. The molecule has 0 spiro atoms. The minimum atomic E-state index is -3.52. The largest absolute Gasteiger partial charge is 0.495 e. The van der Waals surface area contributed by atoms with Crippen LogP contribution in [0, 0.1) is 0 Å². The van der Waals surface area contributed by atoms with Crippen molar-refractivity contribution >= 4 is 37.5 Å². The highest BCUT2D eigenvalue weighted by molar-refractivity contribution is 9.10. The van der Waals surface area contributed by atoms with Crippen molar-refractivity contribution in [1.29, 1.82) is 0 Å². The number of amides is 1. The summed E-state index contributed by atoms with van der Waals surface area (Å²) in [6.45, 7) is 0.428. The number of sulfonamides is 1. The lowest BCUT2D eigenvalue weighted by atomic mass is 10.2. The van der Waals surface area contributed by atoms with Gasteiger partial charge in [0.05, 0.1) is 25.7 Å². The predicted octanol–water partition coefficient (Wildman–Crippen LogP) is 2.59. The van der Waals surface area contributed by atoms with Crippen LogP contribution < -0.4 is 19.1 Å². The third kappa shape index (κ3) is 4.10. The van der Waals surface area contributed by atoms with E-state index in [2.05, 4.69) is 21.2 Å². The molecule has 1 N–H and O–H groups in total. The molecule has 0 unspecified atom stereocenters. The molecule has 0 saturated heterocycles. The number of carbonyl (C=O) groups is 1. The molecular formula is C19H21BrN2O5S. The SMILES string of the molecule is COc1cc(C(=O)NCCS(=O)(=O)N2CCc3ccccc32)cc(OC)c1Br. The van der Waals surface area contributed by atoms with E-state index in [0.717, 1.165) is 11.3 Å². The van der Waals surface area contributed by atoms with Crippen LogP contribution in [-0.2, 0) is 16.4 Å². The van der Waals surface area contributed by atoms with Gasteiger partial charge in [-0.3, -0.25) is 9.10 Å². The van der Waals surface area contributed by atoms with E-state index >= 15 is 0 Å². The molecule has 0 bridgehead atoms. The van der Waals surface area contributed by atoms with Crippen molar-refractivity contribution in [3.63, 3.8) is 0 Å². The van der Waals surface area contributed by atoms with Crippen molar-refractivity contribution in [2.45, 2.75) is 6.42 Å². The Morgan fingerprint density at radius 1 is 1.18 bits per heavy atom. The van der Waals surface area contributed by atoms with Crippen molar-refractivity contribution in [2.75, 3.05) is 37.4 Å². The van der Waals surface area contributed by atoms with Gasteiger partial charge in [-0.05, 0) is 46.1 Å². The van der Waals surface area contributed by atoms with Gasteiger partial charge in [0.2, 0.25) is 10.0 Å².